The molecule has 0 N–H and O–H groups in total. The summed E-state index contributed by atoms with van der Waals surface area (Å²) in [6.45, 7) is 3.91. The van der Waals surface area contributed by atoms with Gasteiger partial charge >= 0.3 is 0 Å². The third kappa shape index (κ3) is 3.13. The smallest absolute Gasteiger partial charge is 0.255 e. The minimum Gasteiger partial charge on any atom is -0.377 e. The van der Waals surface area contributed by atoms with Gasteiger partial charge in [0.15, 0.2) is 0 Å². The van der Waals surface area contributed by atoms with E-state index in [0.717, 1.165) is 6.42 Å². The summed E-state index contributed by atoms with van der Waals surface area (Å²) in [5.41, 5.74) is 0.457. The van der Waals surface area contributed by atoms with Crippen LogP contribution in [0.25, 0.3) is 0 Å². The maximum absolute atomic E-state index is 12.3. The molecule has 0 saturated carbocycles. The standard InChI is InChI=1S/C12H14Cl2N2O2/c1-8-7-16(3-2-4-18-8)12(17)9-5-10(13)11(14)15-6-9/h5-6,8H,2-4,7H2,1H3. The number of carbonyl (C=O) groups excluding carboxylic acids is 1. The summed E-state index contributed by atoms with van der Waals surface area (Å²) < 4.78 is 5.51. The number of ether oxygens (including phenoxy) is 1. The van der Waals surface area contributed by atoms with Crippen LogP contribution in [-0.2, 0) is 4.74 Å². The van der Waals surface area contributed by atoms with E-state index >= 15 is 0 Å². The zero-order chi connectivity index (χ0) is 13.1. The first-order valence-electron chi connectivity index (χ1n) is 5.80. The van der Waals surface area contributed by atoms with E-state index < -0.39 is 0 Å². The summed E-state index contributed by atoms with van der Waals surface area (Å²) in [6.07, 6.45) is 2.34. The Morgan fingerprint density at radius 2 is 2.33 bits per heavy atom. The van der Waals surface area contributed by atoms with Crippen molar-refractivity contribution in [2.24, 2.45) is 0 Å². The van der Waals surface area contributed by atoms with E-state index in [0.29, 0.717) is 30.3 Å². The molecule has 2 heterocycles. The Morgan fingerprint density at radius 3 is 3.06 bits per heavy atom. The van der Waals surface area contributed by atoms with E-state index in [1.54, 1.807) is 11.0 Å². The number of nitrogens with zero attached hydrogens (tertiary/aromatic N) is 2. The lowest BCUT2D eigenvalue weighted by Crippen LogP contribution is -2.36. The lowest BCUT2D eigenvalue weighted by Gasteiger charge is -2.22. The molecule has 0 bridgehead atoms. The molecule has 1 unspecified atom stereocenters. The number of amides is 1. The molecule has 2 rings (SSSR count). The predicted octanol–water partition coefficient (Wildman–Crippen LogP) is 2.64. The van der Waals surface area contributed by atoms with Gasteiger partial charge in [-0.2, -0.15) is 0 Å². The fraction of sp³-hybridized carbons (Fsp3) is 0.500. The van der Waals surface area contributed by atoms with Crippen molar-refractivity contribution in [1.29, 1.82) is 0 Å². The molecule has 6 heteroatoms. The highest BCUT2D eigenvalue weighted by Gasteiger charge is 2.21. The van der Waals surface area contributed by atoms with Crippen molar-refractivity contribution in [2.45, 2.75) is 19.4 Å². The Morgan fingerprint density at radius 1 is 1.56 bits per heavy atom. The fourth-order valence-electron chi connectivity index (χ4n) is 1.90. The number of hydrogen-bond donors (Lipinski definition) is 0. The van der Waals surface area contributed by atoms with E-state index in [2.05, 4.69) is 4.98 Å². The van der Waals surface area contributed by atoms with Crippen LogP contribution >= 0.6 is 23.2 Å². The first-order valence-corrected chi connectivity index (χ1v) is 6.55. The van der Waals surface area contributed by atoms with Gasteiger partial charge in [-0.15, -0.1) is 0 Å². The number of carbonyl (C=O) groups is 1. The third-order valence-corrected chi connectivity index (χ3v) is 3.47. The van der Waals surface area contributed by atoms with Gasteiger partial charge in [0.25, 0.3) is 5.91 Å². The Kier molecular flexibility index (Phi) is 4.43. The first-order chi connectivity index (χ1) is 8.58. The molecule has 0 radical (unpaired) electrons. The second-order valence-electron chi connectivity index (χ2n) is 4.28. The summed E-state index contributed by atoms with van der Waals surface area (Å²) in [4.78, 5) is 17.9. The maximum Gasteiger partial charge on any atom is 0.255 e. The van der Waals surface area contributed by atoms with Crippen LogP contribution in [0, 0.1) is 0 Å². The van der Waals surface area contributed by atoms with Crippen LogP contribution in [0.3, 0.4) is 0 Å². The van der Waals surface area contributed by atoms with E-state index in [9.17, 15) is 4.79 Å². The predicted molar refractivity (Wildman–Crippen MR) is 70.2 cm³/mol. The number of hydrogen-bond acceptors (Lipinski definition) is 3. The molecule has 0 aliphatic carbocycles. The second-order valence-corrected chi connectivity index (χ2v) is 5.05. The average Bonchev–Trinajstić information content (AvgIpc) is 2.56. The Bertz CT molecular complexity index is 454. The molecule has 18 heavy (non-hydrogen) atoms. The average molecular weight is 289 g/mol. The topological polar surface area (TPSA) is 42.4 Å². The molecule has 1 aromatic heterocycles. The molecular weight excluding hydrogens is 275 g/mol. The SMILES string of the molecule is CC1CN(C(=O)c2cnc(Cl)c(Cl)c2)CCCO1. The van der Waals surface area contributed by atoms with Gasteiger partial charge < -0.3 is 9.64 Å². The largest absolute Gasteiger partial charge is 0.377 e. The fourth-order valence-corrected chi connectivity index (χ4v) is 2.17. The van der Waals surface area contributed by atoms with E-state index in [1.165, 1.54) is 6.20 Å². The number of aromatic nitrogens is 1. The third-order valence-electron chi connectivity index (χ3n) is 2.78. The molecule has 0 aromatic carbocycles. The van der Waals surface area contributed by atoms with Crippen molar-refractivity contribution in [3.8, 4) is 0 Å². The monoisotopic (exact) mass is 288 g/mol. The van der Waals surface area contributed by atoms with E-state index in [4.69, 9.17) is 27.9 Å². The van der Waals surface area contributed by atoms with Crippen LogP contribution in [0.5, 0.6) is 0 Å². The van der Waals surface area contributed by atoms with Crippen LogP contribution in [0.1, 0.15) is 23.7 Å². The normalized spacial score (nSPS) is 20.6. The van der Waals surface area contributed by atoms with Crippen molar-refractivity contribution in [3.05, 3.63) is 28.0 Å². The van der Waals surface area contributed by atoms with Crippen molar-refractivity contribution in [2.75, 3.05) is 19.7 Å². The Balaban J connectivity index is 2.16. The van der Waals surface area contributed by atoms with E-state index in [-0.39, 0.29) is 17.2 Å². The second kappa shape index (κ2) is 5.87. The molecule has 1 atom stereocenters. The van der Waals surface area contributed by atoms with Gasteiger partial charge in [0.2, 0.25) is 0 Å². The van der Waals surface area contributed by atoms with Gasteiger partial charge in [-0.3, -0.25) is 4.79 Å². The van der Waals surface area contributed by atoms with E-state index in [1.807, 2.05) is 6.92 Å². The van der Waals surface area contributed by atoms with Gasteiger partial charge in [0, 0.05) is 25.9 Å². The van der Waals surface area contributed by atoms with Gasteiger partial charge in [-0.1, -0.05) is 23.2 Å². The number of rotatable bonds is 1. The van der Waals surface area contributed by atoms with Crippen LogP contribution in [0.4, 0.5) is 0 Å². The van der Waals surface area contributed by atoms with Crippen LogP contribution in [0.15, 0.2) is 12.3 Å². The molecule has 1 aliphatic rings. The summed E-state index contributed by atoms with van der Waals surface area (Å²) in [5.74, 6) is -0.0848. The molecule has 98 valence electrons. The van der Waals surface area contributed by atoms with Gasteiger partial charge in [-0.25, -0.2) is 4.98 Å². The number of pyridine rings is 1. The lowest BCUT2D eigenvalue weighted by atomic mass is 10.2. The van der Waals surface area contributed by atoms with Crippen LogP contribution < -0.4 is 0 Å². The molecule has 4 nitrogen and oxygen atoms in total. The molecule has 1 saturated heterocycles. The zero-order valence-electron chi connectivity index (χ0n) is 10.0. The highest BCUT2D eigenvalue weighted by Crippen LogP contribution is 2.21. The minimum atomic E-state index is -0.0848. The molecule has 0 spiro atoms. The quantitative estimate of drug-likeness (QED) is 0.746. The van der Waals surface area contributed by atoms with Gasteiger partial charge in [0.1, 0.15) is 5.15 Å². The molecule has 1 fully saturated rings. The van der Waals surface area contributed by atoms with Gasteiger partial charge in [0.05, 0.1) is 16.7 Å². The maximum atomic E-state index is 12.3. The highest BCUT2D eigenvalue weighted by atomic mass is 35.5. The number of halogens is 2. The molecule has 1 aromatic rings. The first kappa shape index (κ1) is 13.6. The molecule has 1 aliphatic heterocycles. The molecule has 1 amide bonds. The Hall–Kier alpha value is -0.840. The molecular formula is C12H14Cl2N2O2. The van der Waals surface area contributed by atoms with Crippen molar-refractivity contribution < 1.29 is 9.53 Å². The minimum absolute atomic E-state index is 0.0483. The highest BCUT2D eigenvalue weighted by molar-refractivity contribution is 6.41. The summed E-state index contributed by atoms with van der Waals surface area (Å²) in [7, 11) is 0. The summed E-state index contributed by atoms with van der Waals surface area (Å²) >= 11 is 11.6. The van der Waals surface area contributed by atoms with Crippen molar-refractivity contribution >= 4 is 29.1 Å². The summed E-state index contributed by atoms with van der Waals surface area (Å²) in [6, 6.07) is 1.55. The zero-order valence-corrected chi connectivity index (χ0v) is 11.5. The van der Waals surface area contributed by atoms with Crippen LogP contribution in [-0.4, -0.2) is 41.6 Å². The van der Waals surface area contributed by atoms with Crippen molar-refractivity contribution in [3.63, 3.8) is 0 Å². The summed E-state index contributed by atoms with van der Waals surface area (Å²) in [5, 5.41) is 0.502. The van der Waals surface area contributed by atoms with Crippen molar-refractivity contribution in [1.82, 2.24) is 9.88 Å². The Labute approximate surface area is 116 Å². The van der Waals surface area contributed by atoms with Crippen LogP contribution in [0.2, 0.25) is 10.2 Å². The van der Waals surface area contributed by atoms with Gasteiger partial charge in [-0.05, 0) is 19.4 Å². The lowest BCUT2D eigenvalue weighted by molar-refractivity contribution is 0.0562.